The molecule has 0 radical (unpaired) electrons. The van der Waals surface area contributed by atoms with E-state index in [2.05, 4.69) is 10.6 Å². The summed E-state index contributed by atoms with van der Waals surface area (Å²) in [5, 5.41) is 15.5. The third-order valence-corrected chi connectivity index (χ3v) is 5.01. The van der Waals surface area contributed by atoms with Crippen molar-refractivity contribution < 1.29 is 19.1 Å². The van der Waals surface area contributed by atoms with E-state index in [1.165, 1.54) is 12.1 Å². The highest BCUT2D eigenvalue weighted by molar-refractivity contribution is 6.32. The molecular weight excluding hydrogens is 477 g/mol. The lowest BCUT2D eigenvalue weighted by molar-refractivity contribution is -0.118. The molecule has 9 heteroatoms. The minimum absolute atomic E-state index is 0.108. The number of anilines is 2. The van der Waals surface area contributed by atoms with Crippen molar-refractivity contribution in [3.05, 3.63) is 87.9 Å². The van der Waals surface area contributed by atoms with Gasteiger partial charge in [0.25, 0.3) is 11.8 Å². The Kier molecular flexibility index (Phi) is 8.52. The van der Waals surface area contributed by atoms with E-state index in [4.69, 9.17) is 32.7 Å². The minimum atomic E-state index is -0.567. The number of halogens is 2. The van der Waals surface area contributed by atoms with Gasteiger partial charge in [-0.15, -0.1) is 0 Å². The van der Waals surface area contributed by atoms with Gasteiger partial charge in [-0.2, -0.15) is 5.26 Å². The van der Waals surface area contributed by atoms with Crippen molar-refractivity contribution in [3.8, 4) is 17.6 Å². The lowest BCUT2D eigenvalue weighted by atomic mass is 10.1. The minimum Gasteiger partial charge on any atom is -0.497 e. The van der Waals surface area contributed by atoms with Crippen molar-refractivity contribution in [2.24, 2.45) is 0 Å². The molecule has 0 aliphatic heterocycles. The van der Waals surface area contributed by atoms with Crippen LogP contribution >= 0.6 is 23.2 Å². The Morgan fingerprint density at radius 2 is 1.62 bits per heavy atom. The van der Waals surface area contributed by atoms with Crippen LogP contribution in [0.5, 0.6) is 11.5 Å². The largest absolute Gasteiger partial charge is 0.497 e. The lowest BCUT2D eigenvalue weighted by Crippen LogP contribution is -2.20. The van der Waals surface area contributed by atoms with Gasteiger partial charge in [-0.3, -0.25) is 9.59 Å². The van der Waals surface area contributed by atoms with Crippen molar-refractivity contribution in [1.29, 1.82) is 5.26 Å². The number of amides is 2. The number of ether oxygens (including phenoxy) is 2. The van der Waals surface area contributed by atoms with E-state index in [0.29, 0.717) is 27.7 Å². The molecule has 0 aromatic heterocycles. The number of benzene rings is 3. The lowest BCUT2D eigenvalue weighted by Gasteiger charge is -2.10. The molecule has 0 aliphatic rings. The Labute approximate surface area is 206 Å². The number of nitriles is 1. The summed E-state index contributed by atoms with van der Waals surface area (Å²) < 4.78 is 10.6. The summed E-state index contributed by atoms with van der Waals surface area (Å²) >= 11 is 12.1. The van der Waals surface area contributed by atoms with Gasteiger partial charge in [0.05, 0.1) is 12.1 Å². The summed E-state index contributed by atoms with van der Waals surface area (Å²) in [5.41, 5.74) is 1.51. The van der Waals surface area contributed by atoms with E-state index >= 15 is 0 Å². The molecule has 172 valence electrons. The van der Waals surface area contributed by atoms with Crippen LogP contribution in [0.4, 0.5) is 11.4 Å². The molecule has 0 aliphatic carbocycles. The van der Waals surface area contributed by atoms with Gasteiger partial charge in [0.15, 0.2) is 6.61 Å². The van der Waals surface area contributed by atoms with Crippen LogP contribution < -0.4 is 20.1 Å². The molecule has 34 heavy (non-hydrogen) atoms. The van der Waals surface area contributed by atoms with Crippen LogP contribution in [0.3, 0.4) is 0 Å². The predicted molar refractivity (Wildman–Crippen MR) is 132 cm³/mol. The van der Waals surface area contributed by atoms with Gasteiger partial charge in [0.2, 0.25) is 0 Å². The van der Waals surface area contributed by atoms with E-state index in [-0.39, 0.29) is 28.9 Å². The summed E-state index contributed by atoms with van der Waals surface area (Å²) in [6.07, 6.45) is 1.40. The van der Waals surface area contributed by atoms with Crippen LogP contribution in [0.25, 0.3) is 6.08 Å². The highest BCUT2D eigenvalue weighted by Gasteiger charge is 2.12. The Balaban J connectivity index is 1.61. The first kappa shape index (κ1) is 24.6. The molecular formula is C25H19Cl2N3O4. The fourth-order valence-electron chi connectivity index (χ4n) is 2.79. The van der Waals surface area contributed by atoms with Crippen LogP contribution in [0.2, 0.25) is 10.0 Å². The summed E-state index contributed by atoms with van der Waals surface area (Å²) in [7, 11) is 1.54. The molecule has 2 amide bonds. The SMILES string of the molecule is COc1ccc(NC(=O)/C(C#N)=C/c2ccc(OCC(=O)Nc3ccc(Cl)cc3)c(Cl)c2)cc1. The molecule has 0 bridgehead atoms. The first-order valence-corrected chi connectivity index (χ1v) is 10.7. The van der Waals surface area contributed by atoms with E-state index in [0.717, 1.165) is 0 Å². The van der Waals surface area contributed by atoms with E-state index < -0.39 is 5.91 Å². The second-order valence-electron chi connectivity index (χ2n) is 6.89. The van der Waals surface area contributed by atoms with Crippen LogP contribution in [-0.4, -0.2) is 25.5 Å². The third-order valence-electron chi connectivity index (χ3n) is 4.47. The number of carbonyl (C=O) groups excluding carboxylic acids is 2. The second kappa shape index (κ2) is 11.8. The number of methoxy groups -OCH3 is 1. The number of carbonyl (C=O) groups is 2. The fraction of sp³-hybridized carbons (Fsp3) is 0.0800. The van der Waals surface area contributed by atoms with Gasteiger partial charge < -0.3 is 20.1 Å². The maximum absolute atomic E-state index is 12.5. The Morgan fingerprint density at radius 1 is 0.971 bits per heavy atom. The number of hydrogen-bond donors (Lipinski definition) is 2. The second-order valence-corrected chi connectivity index (χ2v) is 7.73. The highest BCUT2D eigenvalue weighted by atomic mass is 35.5. The summed E-state index contributed by atoms with van der Waals surface area (Å²) in [6, 6.07) is 20.0. The van der Waals surface area contributed by atoms with Crippen molar-refractivity contribution in [3.63, 3.8) is 0 Å². The standard InChI is InChI=1S/C25H19Cl2N3O4/c1-33-21-9-7-20(8-10-21)30-25(32)17(14-28)12-16-2-11-23(22(27)13-16)34-15-24(31)29-19-5-3-18(26)4-6-19/h2-13H,15H2,1H3,(H,29,31)(H,30,32)/b17-12+. The van der Waals surface area contributed by atoms with E-state index in [1.807, 2.05) is 6.07 Å². The zero-order valence-corrected chi connectivity index (χ0v) is 19.5. The number of rotatable bonds is 8. The summed E-state index contributed by atoms with van der Waals surface area (Å²) in [5.74, 6) is -0.00737. The molecule has 0 atom stereocenters. The molecule has 0 saturated heterocycles. The van der Waals surface area contributed by atoms with Crippen LogP contribution in [0.1, 0.15) is 5.56 Å². The Morgan fingerprint density at radius 3 is 2.24 bits per heavy atom. The van der Waals surface area contributed by atoms with Crippen molar-refractivity contribution >= 4 is 52.5 Å². The van der Waals surface area contributed by atoms with Gasteiger partial charge in [0.1, 0.15) is 23.1 Å². The molecule has 0 fully saturated rings. The zero-order valence-electron chi connectivity index (χ0n) is 18.0. The maximum Gasteiger partial charge on any atom is 0.266 e. The number of hydrogen-bond acceptors (Lipinski definition) is 5. The van der Waals surface area contributed by atoms with Crippen LogP contribution in [0.15, 0.2) is 72.3 Å². The highest BCUT2D eigenvalue weighted by Crippen LogP contribution is 2.27. The van der Waals surface area contributed by atoms with Crippen LogP contribution in [-0.2, 0) is 9.59 Å². The Hall–Kier alpha value is -3.99. The summed E-state index contributed by atoms with van der Waals surface area (Å²) in [4.78, 5) is 24.5. The van der Waals surface area contributed by atoms with Gasteiger partial charge in [-0.1, -0.05) is 29.3 Å². The third kappa shape index (κ3) is 7.01. The monoisotopic (exact) mass is 495 g/mol. The first-order chi connectivity index (χ1) is 16.4. The van der Waals surface area contributed by atoms with Gasteiger partial charge in [-0.25, -0.2) is 0 Å². The molecule has 0 heterocycles. The van der Waals surface area contributed by atoms with Crippen molar-refractivity contribution in [2.45, 2.75) is 0 Å². The number of nitrogens with zero attached hydrogens (tertiary/aromatic N) is 1. The molecule has 3 aromatic rings. The summed E-state index contributed by atoms with van der Waals surface area (Å²) in [6.45, 7) is -0.259. The molecule has 3 rings (SSSR count). The van der Waals surface area contributed by atoms with Gasteiger partial charge in [-0.05, 0) is 72.3 Å². The Bertz CT molecular complexity index is 1250. The average Bonchev–Trinajstić information content (AvgIpc) is 2.83. The molecule has 0 unspecified atom stereocenters. The predicted octanol–water partition coefficient (Wildman–Crippen LogP) is 5.57. The zero-order chi connectivity index (χ0) is 24.5. The molecule has 0 saturated carbocycles. The normalized spacial score (nSPS) is 10.7. The first-order valence-electron chi connectivity index (χ1n) is 9.93. The van der Waals surface area contributed by atoms with E-state index in [9.17, 15) is 14.9 Å². The smallest absolute Gasteiger partial charge is 0.266 e. The molecule has 3 aromatic carbocycles. The number of nitrogens with one attached hydrogen (secondary N) is 2. The van der Waals surface area contributed by atoms with Gasteiger partial charge >= 0.3 is 0 Å². The molecule has 0 spiro atoms. The van der Waals surface area contributed by atoms with Gasteiger partial charge in [0, 0.05) is 16.4 Å². The fourth-order valence-corrected chi connectivity index (χ4v) is 3.16. The molecule has 2 N–H and O–H groups in total. The molecule has 7 nitrogen and oxygen atoms in total. The van der Waals surface area contributed by atoms with E-state index in [1.54, 1.807) is 67.8 Å². The van der Waals surface area contributed by atoms with Crippen LogP contribution in [0, 0.1) is 11.3 Å². The quantitative estimate of drug-likeness (QED) is 0.314. The van der Waals surface area contributed by atoms with Crippen molar-refractivity contribution in [2.75, 3.05) is 24.4 Å². The average molecular weight is 496 g/mol. The maximum atomic E-state index is 12.5. The topological polar surface area (TPSA) is 100 Å². The van der Waals surface area contributed by atoms with Crippen molar-refractivity contribution in [1.82, 2.24) is 0 Å².